The summed E-state index contributed by atoms with van der Waals surface area (Å²) >= 11 is 3.33. The Labute approximate surface area is 108 Å². The van der Waals surface area contributed by atoms with Gasteiger partial charge in [-0.15, -0.1) is 0 Å². The molecule has 0 saturated heterocycles. The molecule has 0 spiro atoms. The van der Waals surface area contributed by atoms with Crippen LogP contribution in [-0.2, 0) is 17.6 Å². The standard InChI is InChI=1S/C13H11BrN2O/c14-11-5-10(8-15-9-11)6-13(17)7-12-3-1-2-4-16-12/h1-5,8-9H,6-7H2. The van der Waals surface area contributed by atoms with Crippen molar-refractivity contribution in [3.63, 3.8) is 0 Å². The maximum Gasteiger partial charge on any atom is 0.143 e. The summed E-state index contributed by atoms with van der Waals surface area (Å²) in [7, 11) is 0. The minimum Gasteiger partial charge on any atom is -0.299 e. The number of hydrogen-bond donors (Lipinski definition) is 0. The van der Waals surface area contributed by atoms with Crippen molar-refractivity contribution in [1.82, 2.24) is 9.97 Å². The van der Waals surface area contributed by atoms with Crippen molar-refractivity contribution in [1.29, 1.82) is 0 Å². The van der Waals surface area contributed by atoms with Gasteiger partial charge >= 0.3 is 0 Å². The van der Waals surface area contributed by atoms with Crippen LogP contribution in [0.5, 0.6) is 0 Å². The first-order chi connectivity index (χ1) is 8.24. The Bertz CT molecular complexity index is 514. The number of halogens is 1. The molecule has 86 valence electrons. The van der Waals surface area contributed by atoms with Crippen molar-refractivity contribution in [2.45, 2.75) is 12.8 Å². The van der Waals surface area contributed by atoms with Gasteiger partial charge in [-0.2, -0.15) is 0 Å². The summed E-state index contributed by atoms with van der Waals surface area (Å²) in [5.41, 5.74) is 1.72. The lowest BCUT2D eigenvalue weighted by Gasteiger charge is -2.01. The number of nitrogens with zero attached hydrogens (tertiary/aromatic N) is 2. The van der Waals surface area contributed by atoms with Crippen LogP contribution in [0.25, 0.3) is 0 Å². The second-order valence-electron chi connectivity index (χ2n) is 3.72. The van der Waals surface area contributed by atoms with E-state index in [4.69, 9.17) is 0 Å². The van der Waals surface area contributed by atoms with Gasteiger partial charge in [-0.1, -0.05) is 6.07 Å². The molecule has 0 aliphatic heterocycles. The van der Waals surface area contributed by atoms with Gasteiger partial charge in [0.1, 0.15) is 5.78 Å². The van der Waals surface area contributed by atoms with Gasteiger partial charge in [0, 0.05) is 41.6 Å². The third-order valence-corrected chi connectivity index (χ3v) is 2.70. The van der Waals surface area contributed by atoms with Crippen LogP contribution < -0.4 is 0 Å². The van der Waals surface area contributed by atoms with Crippen molar-refractivity contribution in [3.05, 3.63) is 58.6 Å². The van der Waals surface area contributed by atoms with Crippen molar-refractivity contribution in [2.24, 2.45) is 0 Å². The quantitative estimate of drug-likeness (QED) is 0.869. The summed E-state index contributed by atoms with van der Waals surface area (Å²) in [6.45, 7) is 0. The molecule has 0 N–H and O–H groups in total. The normalized spacial score (nSPS) is 10.2. The molecule has 0 saturated carbocycles. The average molecular weight is 291 g/mol. The molecule has 0 atom stereocenters. The molecule has 0 aliphatic carbocycles. The number of aromatic nitrogens is 2. The predicted molar refractivity (Wildman–Crippen MR) is 68.6 cm³/mol. The molecule has 0 amide bonds. The molecular weight excluding hydrogens is 280 g/mol. The lowest BCUT2D eigenvalue weighted by Crippen LogP contribution is -2.07. The number of carbonyl (C=O) groups excluding carboxylic acids is 1. The summed E-state index contributed by atoms with van der Waals surface area (Å²) in [6.07, 6.45) is 5.87. The van der Waals surface area contributed by atoms with Gasteiger partial charge in [0.25, 0.3) is 0 Å². The summed E-state index contributed by atoms with van der Waals surface area (Å²) in [5.74, 6) is 0.142. The zero-order chi connectivity index (χ0) is 12.1. The Hall–Kier alpha value is -1.55. The highest BCUT2D eigenvalue weighted by Gasteiger charge is 2.06. The van der Waals surface area contributed by atoms with Crippen LogP contribution >= 0.6 is 15.9 Å². The van der Waals surface area contributed by atoms with Gasteiger partial charge in [-0.25, -0.2) is 0 Å². The fourth-order valence-electron chi connectivity index (χ4n) is 1.55. The Morgan fingerprint density at radius 2 is 2.12 bits per heavy atom. The molecule has 0 fully saturated rings. The van der Waals surface area contributed by atoms with Crippen LogP contribution in [0, 0.1) is 0 Å². The third-order valence-electron chi connectivity index (χ3n) is 2.27. The smallest absolute Gasteiger partial charge is 0.143 e. The summed E-state index contributed by atoms with van der Waals surface area (Å²) < 4.78 is 0.889. The summed E-state index contributed by atoms with van der Waals surface area (Å²) in [5, 5.41) is 0. The van der Waals surface area contributed by atoms with E-state index < -0.39 is 0 Å². The van der Waals surface area contributed by atoms with E-state index in [0.717, 1.165) is 15.7 Å². The van der Waals surface area contributed by atoms with Crippen LogP contribution in [0.4, 0.5) is 0 Å². The van der Waals surface area contributed by atoms with E-state index in [1.54, 1.807) is 18.6 Å². The number of hydrogen-bond acceptors (Lipinski definition) is 3. The molecule has 17 heavy (non-hydrogen) atoms. The topological polar surface area (TPSA) is 42.9 Å². The van der Waals surface area contributed by atoms with Crippen molar-refractivity contribution >= 4 is 21.7 Å². The maximum atomic E-state index is 11.8. The number of rotatable bonds is 4. The van der Waals surface area contributed by atoms with Gasteiger partial charge < -0.3 is 0 Å². The molecular formula is C13H11BrN2O. The molecule has 2 aromatic heterocycles. The second-order valence-corrected chi connectivity index (χ2v) is 4.64. The molecule has 3 nitrogen and oxygen atoms in total. The van der Waals surface area contributed by atoms with E-state index in [-0.39, 0.29) is 5.78 Å². The summed E-state index contributed by atoms with van der Waals surface area (Å²) in [4.78, 5) is 20.0. The Kier molecular flexibility index (Phi) is 3.98. The van der Waals surface area contributed by atoms with Crippen LogP contribution in [0.3, 0.4) is 0 Å². The third kappa shape index (κ3) is 3.75. The minimum absolute atomic E-state index is 0.142. The molecule has 2 heterocycles. The Morgan fingerprint density at radius 1 is 1.24 bits per heavy atom. The first-order valence-corrected chi connectivity index (χ1v) is 6.04. The summed E-state index contributed by atoms with van der Waals surface area (Å²) in [6, 6.07) is 7.49. The molecule has 4 heteroatoms. The molecule has 0 aromatic carbocycles. The zero-order valence-electron chi connectivity index (χ0n) is 9.14. The average Bonchev–Trinajstić information content (AvgIpc) is 2.30. The molecule has 0 bridgehead atoms. The molecule has 0 radical (unpaired) electrons. The van der Waals surface area contributed by atoms with E-state index in [1.165, 1.54) is 0 Å². The zero-order valence-corrected chi connectivity index (χ0v) is 10.7. The lowest BCUT2D eigenvalue weighted by atomic mass is 10.1. The minimum atomic E-state index is 0.142. The fourth-order valence-corrected chi connectivity index (χ4v) is 1.96. The molecule has 2 rings (SSSR count). The van der Waals surface area contributed by atoms with Crippen molar-refractivity contribution in [3.8, 4) is 0 Å². The number of pyridine rings is 2. The van der Waals surface area contributed by atoms with Gasteiger partial charge in [-0.05, 0) is 39.7 Å². The first kappa shape index (κ1) is 11.9. The second kappa shape index (κ2) is 5.68. The maximum absolute atomic E-state index is 11.8. The van der Waals surface area contributed by atoms with Gasteiger partial charge in [-0.3, -0.25) is 14.8 Å². The predicted octanol–water partition coefficient (Wildman–Crippen LogP) is 2.59. The van der Waals surface area contributed by atoms with Crippen LogP contribution in [0.2, 0.25) is 0 Å². The van der Waals surface area contributed by atoms with Crippen LogP contribution in [0.1, 0.15) is 11.3 Å². The van der Waals surface area contributed by atoms with E-state index >= 15 is 0 Å². The number of Topliss-reactive ketones (excluding diaryl/α,β-unsaturated/α-hetero) is 1. The molecule has 0 aliphatic rings. The van der Waals surface area contributed by atoms with Crippen LogP contribution in [-0.4, -0.2) is 15.8 Å². The van der Waals surface area contributed by atoms with Gasteiger partial charge in [0.15, 0.2) is 0 Å². The van der Waals surface area contributed by atoms with Crippen molar-refractivity contribution < 1.29 is 4.79 Å². The highest BCUT2D eigenvalue weighted by atomic mass is 79.9. The monoisotopic (exact) mass is 290 g/mol. The Balaban J connectivity index is 1.98. The highest BCUT2D eigenvalue weighted by Crippen LogP contribution is 2.10. The van der Waals surface area contributed by atoms with Crippen molar-refractivity contribution in [2.75, 3.05) is 0 Å². The molecule has 2 aromatic rings. The van der Waals surface area contributed by atoms with Gasteiger partial charge in [0.05, 0.1) is 0 Å². The number of carbonyl (C=O) groups is 1. The lowest BCUT2D eigenvalue weighted by molar-refractivity contribution is -0.117. The van der Waals surface area contributed by atoms with E-state index in [1.807, 2.05) is 24.3 Å². The fraction of sp³-hybridized carbons (Fsp3) is 0.154. The Morgan fingerprint density at radius 3 is 2.82 bits per heavy atom. The van der Waals surface area contributed by atoms with E-state index in [9.17, 15) is 4.79 Å². The van der Waals surface area contributed by atoms with Crippen LogP contribution in [0.15, 0.2) is 47.3 Å². The van der Waals surface area contributed by atoms with E-state index in [0.29, 0.717) is 12.8 Å². The van der Waals surface area contributed by atoms with E-state index in [2.05, 4.69) is 25.9 Å². The van der Waals surface area contributed by atoms with Gasteiger partial charge in [0.2, 0.25) is 0 Å². The largest absolute Gasteiger partial charge is 0.299 e. The number of ketones is 1. The first-order valence-electron chi connectivity index (χ1n) is 5.25. The highest BCUT2D eigenvalue weighted by molar-refractivity contribution is 9.10. The SMILES string of the molecule is O=C(Cc1cncc(Br)c1)Cc1ccccn1. The molecule has 0 unspecified atom stereocenters.